The van der Waals surface area contributed by atoms with Crippen molar-refractivity contribution in [3.8, 4) is 5.75 Å². The Morgan fingerprint density at radius 3 is 2.61 bits per heavy atom. The molecule has 0 saturated carbocycles. The van der Waals surface area contributed by atoms with Gasteiger partial charge < -0.3 is 14.9 Å². The quantitative estimate of drug-likeness (QED) is 0.849. The molecule has 1 aromatic carbocycles. The van der Waals surface area contributed by atoms with E-state index in [0.29, 0.717) is 6.61 Å². The Bertz CT molecular complexity index is 448. The molecule has 1 aromatic heterocycles. The lowest BCUT2D eigenvalue weighted by molar-refractivity contribution is 0.340. The van der Waals surface area contributed by atoms with Crippen LogP contribution in [0.25, 0.3) is 0 Å². The number of ether oxygens (including phenoxy) is 1. The second kappa shape index (κ2) is 6.26. The van der Waals surface area contributed by atoms with E-state index in [1.165, 1.54) is 0 Å². The van der Waals surface area contributed by atoms with E-state index < -0.39 is 0 Å². The Morgan fingerprint density at radius 2 is 2.00 bits per heavy atom. The van der Waals surface area contributed by atoms with Crippen molar-refractivity contribution in [1.82, 2.24) is 0 Å². The fraction of sp³-hybridized carbons (Fsp3) is 0.333. The lowest BCUT2D eigenvalue weighted by Crippen LogP contribution is -2.11. The van der Waals surface area contributed by atoms with Gasteiger partial charge in [0.2, 0.25) is 0 Å². The predicted octanol–water partition coefficient (Wildman–Crippen LogP) is 3.31. The summed E-state index contributed by atoms with van der Waals surface area (Å²) in [5.41, 5.74) is 7.28. The smallest absolute Gasteiger partial charge is 0.119 e. The predicted molar refractivity (Wildman–Crippen MR) is 71.6 cm³/mol. The third kappa shape index (κ3) is 3.37. The largest absolute Gasteiger partial charge is 0.494 e. The van der Waals surface area contributed by atoms with Crippen LogP contribution in [-0.4, -0.2) is 6.61 Å². The van der Waals surface area contributed by atoms with Gasteiger partial charge in [-0.1, -0.05) is 12.1 Å². The molecule has 1 atom stereocenters. The van der Waals surface area contributed by atoms with E-state index in [1.807, 2.05) is 43.3 Å². The van der Waals surface area contributed by atoms with Gasteiger partial charge in [0.15, 0.2) is 0 Å². The van der Waals surface area contributed by atoms with E-state index in [0.717, 1.165) is 29.9 Å². The van der Waals surface area contributed by atoms with Crippen molar-refractivity contribution in [3.63, 3.8) is 0 Å². The molecule has 2 rings (SSSR count). The first kappa shape index (κ1) is 12.7. The maximum atomic E-state index is 6.15. The maximum Gasteiger partial charge on any atom is 0.119 e. The Morgan fingerprint density at radius 1 is 1.22 bits per heavy atom. The van der Waals surface area contributed by atoms with E-state index in [1.54, 1.807) is 6.26 Å². The summed E-state index contributed by atoms with van der Waals surface area (Å²) in [6.07, 6.45) is 3.43. The molecular formula is C15H19NO2. The monoisotopic (exact) mass is 245 g/mol. The number of furan rings is 1. The van der Waals surface area contributed by atoms with Crippen LogP contribution in [0.5, 0.6) is 5.75 Å². The average molecular weight is 245 g/mol. The SMILES string of the molecule is CCOc1ccc(C(N)CCc2ccco2)cc1. The summed E-state index contributed by atoms with van der Waals surface area (Å²) in [5.74, 6) is 1.87. The summed E-state index contributed by atoms with van der Waals surface area (Å²) in [6, 6.07) is 11.9. The Hall–Kier alpha value is -1.74. The molecule has 0 bridgehead atoms. The van der Waals surface area contributed by atoms with Crippen LogP contribution in [0.15, 0.2) is 47.1 Å². The second-order valence-electron chi connectivity index (χ2n) is 4.23. The Kier molecular flexibility index (Phi) is 4.42. The Balaban J connectivity index is 1.89. The zero-order chi connectivity index (χ0) is 12.8. The van der Waals surface area contributed by atoms with E-state index in [4.69, 9.17) is 14.9 Å². The number of rotatable bonds is 6. The summed E-state index contributed by atoms with van der Waals surface area (Å²) in [7, 11) is 0. The highest BCUT2D eigenvalue weighted by atomic mass is 16.5. The molecule has 2 N–H and O–H groups in total. The molecule has 96 valence electrons. The van der Waals surface area contributed by atoms with Gasteiger partial charge in [-0.15, -0.1) is 0 Å². The zero-order valence-corrected chi connectivity index (χ0v) is 10.6. The summed E-state index contributed by atoms with van der Waals surface area (Å²) in [4.78, 5) is 0. The third-order valence-corrected chi connectivity index (χ3v) is 2.90. The second-order valence-corrected chi connectivity index (χ2v) is 4.23. The van der Waals surface area contributed by atoms with Crippen LogP contribution in [0.1, 0.15) is 30.7 Å². The minimum absolute atomic E-state index is 0.0331. The third-order valence-electron chi connectivity index (χ3n) is 2.90. The first-order valence-corrected chi connectivity index (χ1v) is 6.30. The molecule has 1 heterocycles. The summed E-state index contributed by atoms with van der Waals surface area (Å²) < 4.78 is 10.7. The molecule has 0 spiro atoms. The first-order chi connectivity index (χ1) is 8.79. The van der Waals surface area contributed by atoms with Crippen LogP contribution < -0.4 is 10.5 Å². The molecule has 0 aliphatic rings. The molecule has 0 aliphatic carbocycles. The molecule has 0 radical (unpaired) electrons. The highest BCUT2D eigenvalue weighted by Gasteiger charge is 2.07. The van der Waals surface area contributed by atoms with Crippen molar-refractivity contribution < 1.29 is 9.15 Å². The van der Waals surface area contributed by atoms with Gasteiger partial charge in [-0.25, -0.2) is 0 Å². The van der Waals surface area contributed by atoms with Gasteiger partial charge in [-0.05, 0) is 43.2 Å². The maximum absolute atomic E-state index is 6.15. The van der Waals surface area contributed by atoms with Crippen molar-refractivity contribution in [3.05, 3.63) is 54.0 Å². The molecule has 2 aromatic rings. The highest BCUT2D eigenvalue weighted by Crippen LogP contribution is 2.20. The molecule has 18 heavy (non-hydrogen) atoms. The number of nitrogens with two attached hydrogens (primary N) is 1. The number of aryl methyl sites for hydroxylation is 1. The topological polar surface area (TPSA) is 48.4 Å². The van der Waals surface area contributed by atoms with E-state index >= 15 is 0 Å². The van der Waals surface area contributed by atoms with Crippen LogP contribution in [0.2, 0.25) is 0 Å². The summed E-state index contributed by atoms with van der Waals surface area (Å²) >= 11 is 0. The normalized spacial score (nSPS) is 12.3. The number of benzene rings is 1. The first-order valence-electron chi connectivity index (χ1n) is 6.30. The zero-order valence-electron chi connectivity index (χ0n) is 10.6. The lowest BCUT2D eigenvalue weighted by atomic mass is 10.0. The standard InChI is InChI=1S/C15H19NO2/c1-2-17-14-7-5-12(6-8-14)15(16)10-9-13-4-3-11-18-13/h3-8,11,15H,2,9-10,16H2,1H3. The molecular weight excluding hydrogens is 226 g/mol. The molecule has 0 saturated heterocycles. The van der Waals surface area contributed by atoms with Gasteiger partial charge in [0.05, 0.1) is 12.9 Å². The average Bonchev–Trinajstić information content (AvgIpc) is 2.90. The molecule has 1 unspecified atom stereocenters. The van der Waals surface area contributed by atoms with Crippen molar-refractivity contribution in [2.75, 3.05) is 6.61 Å². The van der Waals surface area contributed by atoms with Crippen LogP contribution >= 0.6 is 0 Å². The van der Waals surface area contributed by atoms with Crippen molar-refractivity contribution in [2.45, 2.75) is 25.8 Å². The lowest BCUT2D eigenvalue weighted by Gasteiger charge is -2.12. The Labute approximate surface area is 108 Å². The van der Waals surface area contributed by atoms with Gasteiger partial charge in [-0.2, -0.15) is 0 Å². The minimum Gasteiger partial charge on any atom is -0.494 e. The van der Waals surface area contributed by atoms with E-state index in [-0.39, 0.29) is 6.04 Å². The van der Waals surface area contributed by atoms with Crippen molar-refractivity contribution in [1.29, 1.82) is 0 Å². The van der Waals surface area contributed by atoms with Gasteiger partial charge in [0.1, 0.15) is 11.5 Å². The van der Waals surface area contributed by atoms with E-state index in [2.05, 4.69) is 0 Å². The van der Waals surface area contributed by atoms with Crippen LogP contribution in [0, 0.1) is 0 Å². The fourth-order valence-corrected chi connectivity index (χ4v) is 1.90. The van der Waals surface area contributed by atoms with Crippen molar-refractivity contribution in [2.24, 2.45) is 5.73 Å². The van der Waals surface area contributed by atoms with Gasteiger partial charge in [0.25, 0.3) is 0 Å². The van der Waals surface area contributed by atoms with Crippen molar-refractivity contribution >= 4 is 0 Å². The van der Waals surface area contributed by atoms with Crippen LogP contribution in [0.3, 0.4) is 0 Å². The molecule has 3 heteroatoms. The summed E-state index contributed by atoms with van der Waals surface area (Å²) in [5, 5.41) is 0. The molecule has 0 amide bonds. The highest BCUT2D eigenvalue weighted by molar-refractivity contribution is 5.29. The summed E-state index contributed by atoms with van der Waals surface area (Å²) in [6.45, 7) is 2.66. The fourth-order valence-electron chi connectivity index (χ4n) is 1.90. The van der Waals surface area contributed by atoms with Crippen LogP contribution in [-0.2, 0) is 6.42 Å². The van der Waals surface area contributed by atoms with Gasteiger partial charge >= 0.3 is 0 Å². The molecule has 3 nitrogen and oxygen atoms in total. The molecule has 0 aliphatic heterocycles. The number of hydrogen-bond acceptors (Lipinski definition) is 3. The van der Waals surface area contributed by atoms with Gasteiger partial charge in [0, 0.05) is 12.5 Å². The van der Waals surface area contributed by atoms with E-state index in [9.17, 15) is 0 Å². The van der Waals surface area contributed by atoms with Crippen LogP contribution in [0.4, 0.5) is 0 Å². The number of hydrogen-bond donors (Lipinski definition) is 1. The van der Waals surface area contributed by atoms with Gasteiger partial charge in [-0.3, -0.25) is 0 Å². The minimum atomic E-state index is 0.0331. The molecule has 0 fully saturated rings.